The first-order valence-electron chi connectivity index (χ1n) is 8.64. The number of carbonyl (C=O) groups is 1. The molecule has 1 unspecified atom stereocenters. The normalized spacial score (nSPS) is 20.4. The Morgan fingerprint density at radius 2 is 2.08 bits per heavy atom. The third kappa shape index (κ3) is 4.33. The van der Waals surface area contributed by atoms with E-state index in [1.807, 2.05) is 25.1 Å². The van der Waals surface area contributed by atoms with E-state index < -0.39 is 0 Å². The fourth-order valence-corrected chi connectivity index (χ4v) is 3.10. The number of aliphatic hydroxyl groups is 1. The van der Waals surface area contributed by atoms with E-state index in [1.165, 1.54) is 0 Å². The van der Waals surface area contributed by atoms with E-state index in [4.69, 9.17) is 4.74 Å². The minimum atomic E-state index is -0.273. The van der Waals surface area contributed by atoms with Crippen molar-refractivity contribution in [3.05, 3.63) is 54.0 Å². The molecule has 132 valence electrons. The summed E-state index contributed by atoms with van der Waals surface area (Å²) in [4.78, 5) is 21.2. The lowest BCUT2D eigenvalue weighted by Crippen LogP contribution is -2.48. The lowest BCUT2D eigenvalue weighted by Gasteiger charge is -2.38. The van der Waals surface area contributed by atoms with Gasteiger partial charge in [0.1, 0.15) is 5.56 Å². The van der Waals surface area contributed by atoms with Crippen LogP contribution in [0.4, 0.5) is 0 Å². The molecule has 0 saturated heterocycles. The largest absolute Gasteiger partial charge is 0.477 e. The summed E-state index contributed by atoms with van der Waals surface area (Å²) in [5.41, 5.74) is 1.35. The number of nitrogens with one attached hydrogen (secondary N) is 1. The minimum Gasteiger partial charge on any atom is -0.477 e. The Bertz CT molecular complexity index is 702. The third-order valence-corrected chi connectivity index (χ3v) is 4.49. The molecule has 2 N–H and O–H groups in total. The van der Waals surface area contributed by atoms with E-state index in [9.17, 15) is 9.90 Å². The van der Waals surface area contributed by atoms with Gasteiger partial charge in [0.2, 0.25) is 5.88 Å². The average molecular weight is 341 g/mol. The van der Waals surface area contributed by atoms with Crippen molar-refractivity contribution in [2.75, 3.05) is 6.61 Å². The molecule has 0 aromatic carbocycles. The monoisotopic (exact) mass is 341 g/mol. The van der Waals surface area contributed by atoms with Crippen molar-refractivity contribution in [2.24, 2.45) is 5.92 Å². The van der Waals surface area contributed by atoms with Crippen LogP contribution in [-0.4, -0.2) is 39.7 Å². The molecular formula is C19H23N3O3. The molecule has 25 heavy (non-hydrogen) atoms. The lowest BCUT2D eigenvalue weighted by molar-refractivity contribution is 0.0237. The summed E-state index contributed by atoms with van der Waals surface area (Å²) in [7, 11) is 0. The number of carbonyl (C=O) groups excluding carboxylic acids is 1. The van der Waals surface area contributed by atoms with Crippen molar-refractivity contribution >= 4 is 5.91 Å². The van der Waals surface area contributed by atoms with E-state index in [0.29, 0.717) is 37.3 Å². The van der Waals surface area contributed by atoms with Gasteiger partial charge in [0, 0.05) is 30.6 Å². The first-order chi connectivity index (χ1) is 12.2. The maximum atomic E-state index is 12.8. The Hall–Kier alpha value is -2.47. The Kier molecular flexibility index (Phi) is 5.60. The zero-order chi connectivity index (χ0) is 17.6. The Labute approximate surface area is 147 Å². The summed E-state index contributed by atoms with van der Waals surface area (Å²) in [6.07, 6.45) is 5.11. The Balaban J connectivity index is 1.74. The summed E-state index contributed by atoms with van der Waals surface area (Å²) in [6.45, 7) is 2.31. The SMILES string of the molecule is CCOc1ncccc1C(=O)NC(Cc1ccccn1)C1CC(O)C1. The van der Waals surface area contributed by atoms with Crippen LogP contribution in [0.25, 0.3) is 0 Å². The maximum Gasteiger partial charge on any atom is 0.257 e. The predicted molar refractivity (Wildman–Crippen MR) is 93.3 cm³/mol. The van der Waals surface area contributed by atoms with Crippen LogP contribution in [0, 0.1) is 5.92 Å². The second-order valence-electron chi connectivity index (χ2n) is 6.28. The van der Waals surface area contributed by atoms with Gasteiger partial charge in [0.25, 0.3) is 5.91 Å². The number of aromatic nitrogens is 2. The fraction of sp³-hybridized carbons (Fsp3) is 0.421. The number of aliphatic hydroxyl groups excluding tert-OH is 1. The zero-order valence-electron chi connectivity index (χ0n) is 14.3. The number of ether oxygens (including phenoxy) is 1. The summed E-state index contributed by atoms with van der Waals surface area (Å²) in [5.74, 6) is 0.375. The Morgan fingerprint density at radius 3 is 2.76 bits per heavy atom. The van der Waals surface area contributed by atoms with Gasteiger partial charge in [-0.25, -0.2) is 4.98 Å². The van der Waals surface area contributed by atoms with Crippen LogP contribution in [0.2, 0.25) is 0 Å². The maximum absolute atomic E-state index is 12.8. The van der Waals surface area contributed by atoms with E-state index in [2.05, 4.69) is 15.3 Å². The summed E-state index contributed by atoms with van der Waals surface area (Å²) in [6, 6.07) is 9.10. The van der Waals surface area contributed by atoms with Crippen molar-refractivity contribution in [3.63, 3.8) is 0 Å². The second kappa shape index (κ2) is 8.07. The number of pyridine rings is 2. The molecule has 0 bridgehead atoms. The molecule has 2 heterocycles. The van der Waals surface area contributed by atoms with Crippen LogP contribution < -0.4 is 10.1 Å². The van der Waals surface area contributed by atoms with Gasteiger partial charge >= 0.3 is 0 Å². The fourth-order valence-electron chi connectivity index (χ4n) is 3.10. The van der Waals surface area contributed by atoms with Crippen molar-refractivity contribution < 1.29 is 14.6 Å². The van der Waals surface area contributed by atoms with Crippen LogP contribution >= 0.6 is 0 Å². The Morgan fingerprint density at radius 1 is 1.28 bits per heavy atom. The van der Waals surface area contributed by atoms with E-state index in [0.717, 1.165) is 5.69 Å². The van der Waals surface area contributed by atoms with Crippen LogP contribution in [0.15, 0.2) is 42.7 Å². The van der Waals surface area contributed by atoms with Crippen molar-refractivity contribution in [3.8, 4) is 5.88 Å². The highest BCUT2D eigenvalue weighted by Gasteiger charge is 2.35. The molecule has 1 aliphatic carbocycles. The molecule has 1 fully saturated rings. The van der Waals surface area contributed by atoms with E-state index in [-0.39, 0.29) is 24.0 Å². The number of nitrogens with zero attached hydrogens (tertiary/aromatic N) is 2. The van der Waals surface area contributed by atoms with Crippen molar-refractivity contribution in [1.29, 1.82) is 0 Å². The summed E-state index contributed by atoms with van der Waals surface area (Å²) < 4.78 is 5.45. The smallest absolute Gasteiger partial charge is 0.257 e. The summed E-state index contributed by atoms with van der Waals surface area (Å²) in [5, 5.41) is 12.7. The van der Waals surface area contributed by atoms with Crippen LogP contribution in [0.3, 0.4) is 0 Å². The van der Waals surface area contributed by atoms with Crippen LogP contribution in [0.1, 0.15) is 35.8 Å². The van der Waals surface area contributed by atoms with E-state index >= 15 is 0 Å². The molecule has 2 aromatic heterocycles. The second-order valence-corrected chi connectivity index (χ2v) is 6.28. The molecule has 2 aromatic rings. The molecule has 1 saturated carbocycles. The molecule has 0 radical (unpaired) electrons. The molecule has 1 aliphatic rings. The van der Waals surface area contributed by atoms with Gasteiger partial charge in [-0.3, -0.25) is 9.78 Å². The van der Waals surface area contributed by atoms with Gasteiger partial charge in [-0.15, -0.1) is 0 Å². The first-order valence-corrected chi connectivity index (χ1v) is 8.64. The van der Waals surface area contributed by atoms with E-state index in [1.54, 1.807) is 24.5 Å². The molecule has 6 nitrogen and oxygen atoms in total. The van der Waals surface area contributed by atoms with Gasteiger partial charge in [-0.1, -0.05) is 6.07 Å². The average Bonchev–Trinajstić information content (AvgIpc) is 2.60. The molecule has 6 heteroatoms. The lowest BCUT2D eigenvalue weighted by atomic mass is 9.76. The molecule has 0 aliphatic heterocycles. The summed E-state index contributed by atoms with van der Waals surface area (Å²) >= 11 is 0. The molecule has 3 rings (SSSR count). The number of hydrogen-bond donors (Lipinski definition) is 2. The van der Waals surface area contributed by atoms with Gasteiger partial charge < -0.3 is 15.2 Å². The van der Waals surface area contributed by atoms with Gasteiger partial charge in [-0.05, 0) is 49.9 Å². The quantitative estimate of drug-likeness (QED) is 0.804. The first kappa shape index (κ1) is 17.4. The van der Waals surface area contributed by atoms with Crippen LogP contribution in [0.5, 0.6) is 5.88 Å². The molecule has 1 atom stereocenters. The minimum absolute atomic E-state index is 0.0829. The highest BCUT2D eigenvalue weighted by atomic mass is 16.5. The highest BCUT2D eigenvalue weighted by molar-refractivity contribution is 5.96. The van der Waals surface area contributed by atoms with Crippen molar-refractivity contribution in [1.82, 2.24) is 15.3 Å². The predicted octanol–water partition coefficient (Wildman–Crippen LogP) is 1.99. The zero-order valence-corrected chi connectivity index (χ0v) is 14.3. The third-order valence-electron chi connectivity index (χ3n) is 4.49. The van der Waals surface area contributed by atoms with Gasteiger partial charge in [0.05, 0.1) is 12.7 Å². The highest BCUT2D eigenvalue weighted by Crippen LogP contribution is 2.32. The number of rotatable bonds is 7. The van der Waals surface area contributed by atoms with Crippen molar-refractivity contribution in [2.45, 2.75) is 38.3 Å². The molecular weight excluding hydrogens is 318 g/mol. The van der Waals surface area contributed by atoms with Gasteiger partial charge in [0.15, 0.2) is 0 Å². The molecule has 1 amide bonds. The number of hydrogen-bond acceptors (Lipinski definition) is 5. The van der Waals surface area contributed by atoms with Gasteiger partial charge in [-0.2, -0.15) is 0 Å². The van der Waals surface area contributed by atoms with Crippen LogP contribution in [-0.2, 0) is 6.42 Å². The topological polar surface area (TPSA) is 84.3 Å². The standard InChI is InChI=1S/C19H23N3O3/c1-2-25-19-16(7-5-9-21-19)18(24)22-17(13-10-15(23)11-13)12-14-6-3-4-8-20-14/h3-9,13,15,17,23H,2,10-12H2,1H3,(H,22,24). The molecule has 0 spiro atoms. The number of amides is 1.